The van der Waals surface area contributed by atoms with Gasteiger partial charge >= 0.3 is 0 Å². The van der Waals surface area contributed by atoms with E-state index in [4.69, 9.17) is 10.00 Å². The molecule has 0 radical (unpaired) electrons. The molecule has 4 nitrogen and oxygen atoms in total. The predicted octanol–water partition coefficient (Wildman–Crippen LogP) is 2.46. The minimum absolute atomic E-state index is 0.0694. The quantitative estimate of drug-likeness (QED) is 0.765. The van der Waals surface area contributed by atoms with E-state index in [0.29, 0.717) is 12.1 Å². The summed E-state index contributed by atoms with van der Waals surface area (Å²) in [6.07, 6.45) is 1.87. The number of nitrogens with zero attached hydrogens (tertiary/aromatic N) is 1. The molecule has 20 heavy (non-hydrogen) atoms. The van der Waals surface area contributed by atoms with Crippen molar-refractivity contribution in [1.29, 1.82) is 5.26 Å². The highest BCUT2D eigenvalue weighted by atomic mass is 16.5. The molecule has 0 saturated carbocycles. The highest BCUT2D eigenvalue weighted by molar-refractivity contribution is 5.41. The molecular formula is C16H24N2O2. The normalized spacial score (nSPS) is 11.2. The SMILES string of the molecule is CCC(CC)(CO)CNCc1cc(C#N)ccc1OC. The zero-order valence-electron chi connectivity index (χ0n) is 12.6. The number of benzene rings is 1. The van der Waals surface area contributed by atoms with E-state index in [1.54, 1.807) is 13.2 Å². The van der Waals surface area contributed by atoms with Gasteiger partial charge in [-0.05, 0) is 31.0 Å². The van der Waals surface area contributed by atoms with E-state index in [1.165, 1.54) is 0 Å². The molecule has 0 atom stereocenters. The second-order valence-electron chi connectivity index (χ2n) is 5.11. The van der Waals surface area contributed by atoms with E-state index in [9.17, 15) is 5.11 Å². The Bertz CT molecular complexity index is 454. The molecule has 0 aliphatic carbocycles. The zero-order valence-corrected chi connectivity index (χ0v) is 12.6. The molecule has 4 heteroatoms. The van der Waals surface area contributed by atoms with Crippen LogP contribution in [0.5, 0.6) is 5.75 Å². The van der Waals surface area contributed by atoms with Crippen molar-refractivity contribution in [2.24, 2.45) is 5.41 Å². The van der Waals surface area contributed by atoms with Crippen molar-refractivity contribution in [2.75, 3.05) is 20.3 Å². The predicted molar refractivity (Wildman–Crippen MR) is 79.5 cm³/mol. The smallest absolute Gasteiger partial charge is 0.123 e. The number of rotatable bonds is 8. The molecule has 2 N–H and O–H groups in total. The van der Waals surface area contributed by atoms with Gasteiger partial charge in [0.25, 0.3) is 0 Å². The summed E-state index contributed by atoms with van der Waals surface area (Å²) in [5.41, 5.74) is 1.52. The average molecular weight is 276 g/mol. The molecule has 0 amide bonds. The molecule has 0 spiro atoms. The molecule has 0 heterocycles. The van der Waals surface area contributed by atoms with Gasteiger partial charge in [0, 0.05) is 30.7 Å². The fourth-order valence-electron chi connectivity index (χ4n) is 2.23. The third-order valence-corrected chi connectivity index (χ3v) is 4.06. The van der Waals surface area contributed by atoms with Crippen LogP contribution in [0.2, 0.25) is 0 Å². The topological polar surface area (TPSA) is 65.3 Å². The molecule has 1 aromatic rings. The van der Waals surface area contributed by atoms with E-state index >= 15 is 0 Å². The van der Waals surface area contributed by atoms with Crippen LogP contribution in [0, 0.1) is 16.7 Å². The van der Waals surface area contributed by atoms with Gasteiger partial charge in [-0.15, -0.1) is 0 Å². The first-order valence-corrected chi connectivity index (χ1v) is 7.03. The first-order valence-electron chi connectivity index (χ1n) is 7.03. The van der Waals surface area contributed by atoms with Crippen LogP contribution in [0.4, 0.5) is 0 Å². The molecule has 0 aliphatic rings. The molecule has 0 aromatic heterocycles. The van der Waals surface area contributed by atoms with Gasteiger partial charge in [0.15, 0.2) is 0 Å². The largest absolute Gasteiger partial charge is 0.496 e. The Morgan fingerprint density at radius 2 is 2.05 bits per heavy atom. The number of aliphatic hydroxyl groups is 1. The van der Waals surface area contributed by atoms with Gasteiger partial charge in [-0.1, -0.05) is 13.8 Å². The van der Waals surface area contributed by atoms with Crippen molar-refractivity contribution in [2.45, 2.75) is 33.2 Å². The number of ether oxygens (including phenoxy) is 1. The van der Waals surface area contributed by atoms with Crippen molar-refractivity contribution in [3.8, 4) is 11.8 Å². The number of nitrogens with one attached hydrogen (secondary N) is 1. The lowest BCUT2D eigenvalue weighted by Crippen LogP contribution is -2.36. The summed E-state index contributed by atoms with van der Waals surface area (Å²) in [5.74, 6) is 0.777. The van der Waals surface area contributed by atoms with E-state index in [2.05, 4.69) is 25.2 Å². The molecule has 0 saturated heterocycles. The molecule has 0 unspecified atom stereocenters. The summed E-state index contributed by atoms with van der Waals surface area (Å²) in [5, 5.41) is 21.9. The molecule has 1 rings (SSSR count). The van der Waals surface area contributed by atoms with E-state index in [-0.39, 0.29) is 12.0 Å². The van der Waals surface area contributed by atoms with E-state index < -0.39 is 0 Å². The lowest BCUT2D eigenvalue weighted by molar-refractivity contribution is 0.113. The van der Waals surface area contributed by atoms with Crippen LogP contribution >= 0.6 is 0 Å². The molecule has 0 fully saturated rings. The maximum absolute atomic E-state index is 9.55. The Kier molecular flexibility index (Phi) is 6.50. The summed E-state index contributed by atoms with van der Waals surface area (Å²) >= 11 is 0. The Hall–Kier alpha value is -1.57. The van der Waals surface area contributed by atoms with E-state index in [1.807, 2.05) is 12.1 Å². The van der Waals surface area contributed by atoms with Crippen molar-refractivity contribution >= 4 is 0 Å². The monoisotopic (exact) mass is 276 g/mol. The van der Waals surface area contributed by atoms with Crippen molar-refractivity contribution < 1.29 is 9.84 Å². The highest BCUT2D eigenvalue weighted by Crippen LogP contribution is 2.25. The van der Waals surface area contributed by atoms with Crippen LogP contribution in [0.25, 0.3) is 0 Å². The molecule has 1 aromatic carbocycles. The second-order valence-corrected chi connectivity index (χ2v) is 5.11. The van der Waals surface area contributed by atoms with Crippen LogP contribution in [0.15, 0.2) is 18.2 Å². The second kappa shape index (κ2) is 7.88. The zero-order chi connectivity index (χ0) is 15.0. The minimum Gasteiger partial charge on any atom is -0.496 e. The van der Waals surface area contributed by atoms with E-state index in [0.717, 1.165) is 30.7 Å². The van der Waals surface area contributed by atoms with Crippen LogP contribution in [0.1, 0.15) is 37.8 Å². The third-order valence-electron chi connectivity index (χ3n) is 4.06. The van der Waals surface area contributed by atoms with Gasteiger partial charge in [-0.3, -0.25) is 0 Å². The molecular weight excluding hydrogens is 252 g/mol. The van der Waals surface area contributed by atoms with Crippen molar-refractivity contribution in [3.05, 3.63) is 29.3 Å². The van der Waals surface area contributed by atoms with Crippen molar-refractivity contribution in [1.82, 2.24) is 5.32 Å². The number of hydrogen-bond acceptors (Lipinski definition) is 4. The fourth-order valence-corrected chi connectivity index (χ4v) is 2.23. The highest BCUT2D eigenvalue weighted by Gasteiger charge is 2.24. The van der Waals surface area contributed by atoms with Crippen LogP contribution in [0.3, 0.4) is 0 Å². The first kappa shape index (κ1) is 16.5. The summed E-state index contributed by atoms with van der Waals surface area (Å²) in [6, 6.07) is 7.54. The Labute approximate surface area is 121 Å². The van der Waals surface area contributed by atoms with Crippen molar-refractivity contribution in [3.63, 3.8) is 0 Å². The molecule has 0 bridgehead atoms. The standard InChI is InChI=1S/C16H24N2O2/c1-4-16(5-2,12-19)11-18-10-14-8-13(9-17)6-7-15(14)20-3/h6-8,18-19H,4-5,10-12H2,1-3H3. The van der Waals surface area contributed by atoms with Gasteiger partial charge in [0.1, 0.15) is 5.75 Å². The number of methoxy groups -OCH3 is 1. The van der Waals surface area contributed by atoms with Gasteiger partial charge < -0.3 is 15.2 Å². The summed E-state index contributed by atoms with van der Waals surface area (Å²) < 4.78 is 5.31. The fraction of sp³-hybridized carbons (Fsp3) is 0.562. The number of nitriles is 1. The Morgan fingerprint density at radius 1 is 1.35 bits per heavy atom. The van der Waals surface area contributed by atoms with Gasteiger partial charge in [-0.25, -0.2) is 0 Å². The Morgan fingerprint density at radius 3 is 2.55 bits per heavy atom. The molecule has 0 aliphatic heterocycles. The van der Waals surface area contributed by atoms with Gasteiger partial charge in [0.05, 0.1) is 18.7 Å². The summed E-state index contributed by atoms with van der Waals surface area (Å²) in [4.78, 5) is 0. The van der Waals surface area contributed by atoms with Gasteiger partial charge in [0.2, 0.25) is 0 Å². The van der Waals surface area contributed by atoms with Crippen LogP contribution in [-0.2, 0) is 6.54 Å². The maximum atomic E-state index is 9.55. The summed E-state index contributed by atoms with van der Waals surface area (Å²) in [7, 11) is 1.63. The molecule has 110 valence electrons. The third kappa shape index (κ3) is 3.96. The maximum Gasteiger partial charge on any atom is 0.123 e. The number of hydrogen-bond donors (Lipinski definition) is 2. The van der Waals surface area contributed by atoms with Crippen LogP contribution < -0.4 is 10.1 Å². The van der Waals surface area contributed by atoms with Crippen LogP contribution in [-0.4, -0.2) is 25.4 Å². The number of aliphatic hydroxyl groups excluding tert-OH is 1. The van der Waals surface area contributed by atoms with Gasteiger partial charge in [-0.2, -0.15) is 5.26 Å². The minimum atomic E-state index is -0.0694. The lowest BCUT2D eigenvalue weighted by Gasteiger charge is -2.29. The Balaban J connectivity index is 2.72. The average Bonchev–Trinajstić information content (AvgIpc) is 2.52. The first-order chi connectivity index (χ1) is 9.64. The summed E-state index contributed by atoms with van der Waals surface area (Å²) in [6.45, 7) is 5.75. The lowest BCUT2D eigenvalue weighted by atomic mass is 9.83.